The standard InChI is InChI=1S/C3H3NO.C3H6O2/c1-2-5-3-4-1;1-2-3(4)5/h1-3H;2H2,1H3,(H,4,5). The number of aromatic nitrogens is 1. The fourth-order valence-corrected chi connectivity index (χ4v) is 0.176. The van der Waals surface area contributed by atoms with Gasteiger partial charge in [-0.25, -0.2) is 4.98 Å². The fraction of sp³-hybridized carbons (Fsp3) is 0.333. The van der Waals surface area contributed by atoms with E-state index in [1.807, 2.05) is 0 Å². The lowest BCUT2D eigenvalue weighted by Gasteiger charge is -1.71. The van der Waals surface area contributed by atoms with Crippen molar-refractivity contribution in [2.75, 3.05) is 0 Å². The van der Waals surface area contributed by atoms with Gasteiger partial charge in [0.1, 0.15) is 6.26 Å². The van der Waals surface area contributed by atoms with Crippen LogP contribution in [-0.2, 0) is 4.79 Å². The number of aliphatic carboxylic acids is 1. The van der Waals surface area contributed by atoms with Gasteiger partial charge in [-0.3, -0.25) is 4.79 Å². The molecule has 0 unspecified atom stereocenters. The van der Waals surface area contributed by atoms with Crippen LogP contribution in [0.4, 0.5) is 0 Å². The number of carboxylic acids is 1. The van der Waals surface area contributed by atoms with Crippen LogP contribution in [-0.4, -0.2) is 16.1 Å². The van der Waals surface area contributed by atoms with Gasteiger partial charge in [0, 0.05) is 6.42 Å². The zero-order valence-corrected chi connectivity index (χ0v) is 5.65. The van der Waals surface area contributed by atoms with Crippen molar-refractivity contribution in [3.8, 4) is 0 Å². The van der Waals surface area contributed by atoms with E-state index < -0.39 is 5.97 Å². The molecule has 0 aromatic carbocycles. The molecule has 0 bridgehead atoms. The molecule has 4 heteroatoms. The smallest absolute Gasteiger partial charge is 0.303 e. The molecule has 0 fully saturated rings. The van der Waals surface area contributed by atoms with Gasteiger partial charge in [0.05, 0.1) is 6.20 Å². The van der Waals surface area contributed by atoms with Gasteiger partial charge in [-0.2, -0.15) is 0 Å². The molecule has 1 aromatic heterocycles. The minimum absolute atomic E-state index is 0.222. The zero-order valence-electron chi connectivity index (χ0n) is 5.65. The number of hydrogen-bond acceptors (Lipinski definition) is 3. The average molecular weight is 143 g/mol. The maximum absolute atomic E-state index is 9.37. The van der Waals surface area contributed by atoms with Crippen molar-refractivity contribution in [2.24, 2.45) is 0 Å². The van der Waals surface area contributed by atoms with Gasteiger partial charge in [0.2, 0.25) is 0 Å². The summed E-state index contributed by atoms with van der Waals surface area (Å²) in [4.78, 5) is 12.9. The Hall–Kier alpha value is -1.32. The summed E-state index contributed by atoms with van der Waals surface area (Å²) < 4.78 is 4.47. The van der Waals surface area contributed by atoms with Gasteiger partial charge >= 0.3 is 5.97 Å². The van der Waals surface area contributed by atoms with Crippen molar-refractivity contribution in [1.29, 1.82) is 0 Å². The number of rotatable bonds is 1. The predicted octanol–water partition coefficient (Wildman–Crippen LogP) is 1.16. The third-order valence-corrected chi connectivity index (χ3v) is 0.650. The van der Waals surface area contributed by atoms with E-state index in [1.165, 1.54) is 12.7 Å². The van der Waals surface area contributed by atoms with Crippen molar-refractivity contribution in [3.05, 3.63) is 18.9 Å². The highest BCUT2D eigenvalue weighted by Gasteiger charge is 1.80. The number of carboxylic acid groups (broad SMARTS) is 1. The highest BCUT2D eigenvalue weighted by atomic mass is 16.4. The molecule has 0 aliphatic heterocycles. The van der Waals surface area contributed by atoms with E-state index in [9.17, 15) is 4.79 Å². The molecule has 0 radical (unpaired) electrons. The Labute approximate surface area is 58.5 Å². The van der Waals surface area contributed by atoms with Crippen LogP contribution >= 0.6 is 0 Å². The topological polar surface area (TPSA) is 63.3 Å². The van der Waals surface area contributed by atoms with Crippen LogP contribution in [0.1, 0.15) is 13.3 Å². The lowest BCUT2D eigenvalue weighted by molar-refractivity contribution is -0.136. The number of hydrogen-bond donors (Lipinski definition) is 1. The molecule has 10 heavy (non-hydrogen) atoms. The molecule has 1 heterocycles. The molecule has 0 spiro atoms. The minimum Gasteiger partial charge on any atom is -0.481 e. The summed E-state index contributed by atoms with van der Waals surface area (Å²) in [5, 5.41) is 7.72. The van der Waals surface area contributed by atoms with E-state index in [0.717, 1.165) is 0 Å². The third-order valence-electron chi connectivity index (χ3n) is 0.650. The van der Waals surface area contributed by atoms with Crippen molar-refractivity contribution >= 4 is 5.97 Å². The van der Waals surface area contributed by atoms with Crippen molar-refractivity contribution < 1.29 is 14.3 Å². The van der Waals surface area contributed by atoms with Crippen LogP contribution < -0.4 is 0 Å². The summed E-state index contributed by atoms with van der Waals surface area (Å²) in [6.07, 6.45) is 4.69. The van der Waals surface area contributed by atoms with E-state index in [2.05, 4.69) is 9.40 Å². The molecule has 0 saturated carbocycles. The molecule has 0 aliphatic carbocycles. The van der Waals surface area contributed by atoms with Crippen LogP contribution in [0, 0.1) is 0 Å². The zero-order chi connectivity index (χ0) is 7.82. The highest BCUT2D eigenvalue weighted by molar-refractivity contribution is 5.66. The molecular formula is C6H9NO3. The molecule has 0 aliphatic rings. The Bertz CT molecular complexity index is 142. The van der Waals surface area contributed by atoms with Gasteiger partial charge in [0.25, 0.3) is 0 Å². The van der Waals surface area contributed by atoms with E-state index in [4.69, 9.17) is 5.11 Å². The molecule has 0 saturated heterocycles. The second kappa shape index (κ2) is 5.81. The molecule has 4 nitrogen and oxygen atoms in total. The summed E-state index contributed by atoms with van der Waals surface area (Å²) in [7, 11) is 0. The lowest BCUT2D eigenvalue weighted by atomic mass is 10.5. The summed E-state index contributed by atoms with van der Waals surface area (Å²) in [5.41, 5.74) is 0. The van der Waals surface area contributed by atoms with Crippen LogP contribution in [0.25, 0.3) is 0 Å². The van der Waals surface area contributed by atoms with Crippen LogP contribution in [0.5, 0.6) is 0 Å². The van der Waals surface area contributed by atoms with Crippen LogP contribution in [0.2, 0.25) is 0 Å². The Morgan fingerprint density at radius 2 is 2.40 bits per heavy atom. The van der Waals surface area contributed by atoms with Crippen LogP contribution in [0.3, 0.4) is 0 Å². The van der Waals surface area contributed by atoms with Gasteiger partial charge in [-0.15, -0.1) is 0 Å². The highest BCUT2D eigenvalue weighted by Crippen LogP contribution is 1.72. The Kier molecular flexibility index (Phi) is 5.04. The Morgan fingerprint density at radius 3 is 2.50 bits per heavy atom. The summed E-state index contributed by atoms with van der Waals surface area (Å²) in [6, 6.07) is 0. The van der Waals surface area contributed by atoms with E-state index >= 15 is 0 Å². The molecule has 56 valence electrons. The van der Waals surface area contributed by atoms with Gasteiger partial charge in [-0.1, -0.05) is 6.92 Å². The summed E-state index contributed by atoms with van der Waals surface area (Å²) in [6.45, 7) is 1.60. The summed E-state index contributed by atoms with van der Waals surface area (Å²) >= 11 is 0. The SMILES string of the molecule is CCC(=O)O.c1cocn1. The average Bonchev–Trinajstić information content (AvgIpc) is 2.43. The molecule has 1 rings (SSSR count). The van der Waals surface area contributed by atoms with E-state index in [0.29, 0.717) is 0 Å². The van der Waals surface area contributed by atoms with E-state index in [-0.39, 0.29) is 6.42 Å². The molecular weight excluding hydrogens is 134 g/mol. The lowest BCUT2D eigenvalue weighted by Crippen LogP contribution is -1.86. The van der Waals surface area contributed by atoms with Gasteiger partial charge in [0.15, 0.2) is 6.39 Å². The Morgan fingerprint density at radius 1 is 1.80 bits per heavy atom. The molecule has 0 amide bonds. The third kappa shape index (κ3) is 6.68. The van der Waals surface area contributed by atoms with Gasteiger partial charge < -0.3 is 9.52 Å². The first-order valence-corrected chi connectivity index (χ1v) is 2.81. The quantitative estimate of drug-likeness (QED) is 0.640. The fourth-order valence-electron chi connectivity index (χ4n) is 0.176. The first-order chi connectivity index (χ1) is 4.77. The van der Waals surface area contributed by atoms with Crippen molar-refractivity contribution in [3.63, 3.8) is 0 Å². The predicted molar refractivity (Wildman–Crippen MR) is 34.4 cm³/mol. The minimum atomic E-state index is -0.745. The van der Waals surface area contributed by atoms with Crippen molar-refractivity contribution in [2.45, 2.75) is 13.3 Å². The maximum atomic E-state index is 9.37. The number of oxazole rings is 1. The van der Waals surface area contributed by atoms with E-state index in [1.54, 1.807) is 13.1 Å². The normalized spacial score (nSPS) is 7.70. The maximum Gasteiger partial charge on any atom is 0.303 e. The molecule has 0 atom stereocenters. The number of carbonyl (C=O) groups is 1. The second-order valence-electron chi connectivity index (χ2n) is 1.42. The van der Waals surface area contributed by atoms with Crippen molar-refractivity contribution in [1.82, 2.24) is 4.98 Å². The first kappa shape index (κ1) is 8.68. The Balaban J connectivity index is 0.000000162. The second-order valence-corrected chi connectivity index (χ2v) is 1.42. The van der Waals surface area contributed by atoms with Crippen LogP contribution in [0.15, 0.2) is 23.3 Å². The molecule has 1 aromatic rings. The van der Waals surface area contributed by atoms with Gasteiger partial charge in [-0.05, 0) is 0 Å². The first-order valence-electron chi connectivity index (χ1n) is 2.81. The monoisotopic (exact) mass is 143 g/mol. The largest absolute Gasteiger partial charge is 0.481 e. The number of nitrogens with zero attached hydrogens (tertiary/aromatic N) is 1. The summed E-state index contributed by atoms with van der Waals surface area (Å²) in [5.74, 6) is -0.745. The molecule has 1 N–H and O–H groups in total.